The summed E-state index contributed by atoms with van der Waals surface area (Å²) in [4.78, 5) is 26.2. The van der Waals surface area contributed by atoms with E-state index in [2.05, 4.69) is 10.4 Å². The van der Waals surface area contributed by atoms with Crippen LogP contribution in [0.2, 0.25) is 5.02 Å². The summed E-state index contributed by atoms with van der Waals surface area (Å²) in [7, 11) is 3.13. The highest BCUT2D eigenvalue weighted by Gasteiger charge is 2.18. The van der Waals surface area contributed by atoms with Crippen LogP contribution in [-0.2, 0) is 4.79 Å². The number of carbonyl (C=O) groups is 2. The zero-order valence-corrected chi connectivity index (χ0v) is 17.1. The van der Waals surface area contributed by atoms with Gasteiger partial charge in [0.05, 0.1) is 13.7 Å². The van der Waals surface area contributed by atoms with E-state index in [4.69, 9.17) is 16.3 Å². The van der Waals surface area contributed by atoms with Gasteiger partial charge in [0.15, 0.2) is 5.69 Å². The summed E-state index contributed by atoms with van der Waals surface area (Å²) in [5.74, 6) is -0.0496. The van der Waals surface area contributed by atoms with Gasteiger partial charge in [0.1, 0.15) is 11.4 Å². The summed E-state index contributed by atoms with van der Waals surface area (Å²) in [5, 5.41) is 7.58. The number of benzene rings is 2. The Kier molecular flexibility index (Phi) is 6.19. The van der Waals surface area contributed by atoms with E-state index in [1.54, 1.807) is 55.4 Å². The summed E-state index contributed by atoms with van der Waals surface area (Å²) in [5.41, 5.74) is 2.57. The Labute approximate surface area is 173 Å². The SMILES string of the molecule is COc1ccc(C)cc1-n1ccc(C(=O)N(C)CC(=O)Nc2cccc(Cl)c2)n1. The van der Waals surface area contributed by atoms with Crippen molar-refractivity contribution < 1.29 is 14.3 Å². The van der Waals surface area contributed by atoms with Crippen molar-refractivity contribution in [3.05, 3.63) is 71.0 Å². The molecule has 2 amide bonds. The van der Waals surface area contributed by atoms with Crippen molar-refractivity contribution in [3.63, 3.8) is 0 Å². The van der Waals surface area contributed by atoms with Crippen LogP contribution in [0.5, 0.6) is 5.75 Å². The van der Waals surface area contributed by atoms with Crippen LogP contribution in [0.15, 0.2) is 54.7 Å². The van der Waals surface area contributed by atoms with Gasteiger partial charge >= 0.3 is 0 Å². The molecule has 0 saturated heterocycles. The molecule has 0 radical (unpaired) electrons. The van der Waals surface area contributed by atoms with Crippen molar-refractivity contribution in [1.29, 1.82) is 0 Å². The van der Waals surface area contributed by atoms with Crippen molar-refractivity contribution in [2.24, 2.45) is 0 Å². The molecule has 0 spiro atoms. The standard InChI is InChI=1S/C21H21ClN4O3/c1-14-7-8-19(29-3)18(11-14)26-10-9-17(24-26)21(28)25(2)13-20(27)23-16-6-4-5-15(22)12-16/h4-12H,13H2,1-3H3,(H,23,27). The average molecular weight is 413 g/mol. The third-order valence-corrected chi connectivity index (χ3v) is 4.46. The van der Waals surface area contributed by atoms with Gasteiger partial charge in [-0.1, -0.05) is 23.7 Å². The van der Waals surface area contributed by atoms with Crippen LogP contribution in [0.1, 0.15) is 16.1 Å². The van der Waals surface area contributed by atoms with E-state index in [9.17, 15) is 9.59 Å². The number of anilines is 1. The first-order chi connectivity index (χ1) is 13.9. The molecular weight excluding hydrogens is 392 g/mol. The number of amides is 2. The van der Waals surface area contributed by atoms with Gasteiger partial charge in [0.2, 0.25) is 5.91 Å². The third-order valence-electron chi connectivity index (χ3n) is 4.23. The monoisotopic (exact) mass is 412 g/mol. The van der Waals surface area contributed by atoms with Crippen molar-refractivity contribution in [3.8, 4) is 11.4 Å². The van der Waals surface area contributed by atoms with Crippen LogP contribution in [-0.4, -0.2) is 47.2 Å². The molecule has 2 aromatic carbocycles. The molecule has 0 bridgehead atoms. The lowest BCUT2D eigenvalue weighted by Crippen LogP contribution is -2.35. The zero-order chi connectivity index (χ0) is 21.0. The Balaban J connectivity index is 1.69. The van der Waals surface area contributed by atoms with Gasteiger partial charge in [0.25, 0.3) is 5.91 Å². The second-order valence-electron chi connectivity index (χ2n) is 6.54. The molecule has 1 N–H and O–H groups in total. The summed E-state index contributed by atoms with van der Waals surface area (Å²) in [6, 6.07) is 14.1. The minimum Gasteiger partial charge on any atom is -0.494 e. The van der Waals surface area contributed by atoms with Crippen molar-refractivity contribution in [2.75, 3.05) is 26.0 Å². The van der Waals surface area contributed by atoms with Crippen LogP contribution in [0, 0.1) is 6.92 Å². The fourth-order valence-corrected chi connectivity index (χ4v) is 2.99. The average Bonchev–Trinajstić information content (AvgIpc) is 3.17. The van der Waals surface area contributed by atoms with Crippen LogP contribution in [0.4, 0.5) is 5.69 Å². The molecular formula is C21H21ClN4O3. The first kappa shape index (κ1) is 20.4. The van der Waals surface area contributed by atoms with Gasteiger partial charge in [0, 0.05) is 24.0 Å². The largest absolute Gasteiger partial charge is 0.494 e. The van der Waals surface area contributed by atoms with Crippen LogP contribution in [0.25, 0.3) is 5.69 Å². The molecule has 0 aliphatic carbocycles. The molecule has 3 rings (SSSR count). The highest BCUT2D eigenvalue weighted by molar-refractivity contribution is 6.30. The van der Waals surface area contributed by atoms with Crippen LogP contribution < -0.4 is 10.1 Å². The van der Waals surface area contributed by atoms with Crippen molar-refractivity contribution >= 4 is 29.1 Å². The summed E-state index contributed by atoms with van der Waals surface area (Å²) < 4.78 is 6.95. The molecule has 1 aromatic heterocycles. The maximum atomic E-state index is 12.7. The lowest BCUT2D eigenvalue weighted by Gasteiger charge is -2.15. The second-order valence-corrected chi connectivity index (χ2v) is 6.98. The minimum absolute atomic E-state index is 0.119. The van der Waals surface area contributed by atoms with E-state index in [0.717, 1.165) is 11.3 Å². The number of carbonyl (C=O) groups excluding carboxylic acids is 2. The van der Waals surface area contributed by atoms with E-state index in [1.807, 2.05) is 25.1 Å². The number of likely N-dealkylation sites (N-methyl/N-ethyl adjacent to an activating group) is 1. The van der Waals surface area contributed by atoms with Crippen LogP contribution >= 0.6 is 11.6 Å². The number of rotatable bonds is 6. The molecule has 3 aromatic rings. The Morgan fingerprint density at radius 3 is 2.72 bits per heavy atom. The number of hydrogen-bond acceptors (Lipinski definition) is 4. The molecule has 0 fully saturated rings. The number of aryl methyl sites for hydroxylation is 1. The Hall–Kier alpha value is -3.32. The highest BCUT2D eigenvalue weighted by atomic mass is 35.5. The smallest absolute Gasteiger partial charge is 0.274 e. The van der Waals surface area contributed by atoms with Gasteiger partial charge < -0.3 is 15.0 Å². The maximum Gasteiger partial charge on any atom is 0.274 e. The Morgan fingerprint density at radius 2 is 2.00 bits per heavy atom. The Bertz CT molecular complexity index is 1050. The van der Waals surface area contributed by atoms with Crippen molar-refractivity contribution in [1.82, 2.24) is 14.7 Å². The highest BCUT2D eigenvalue weighted by Crippen LogP contribution is 2.23. The molecule has 0 unspecified atom stereocenters. The first-order valence-corrected chi connectivity index (χ1v) is 9.26. The summed E-state index contributed by atoms with van der Waals surface area (Å²) >= 11 is 5.91. The fraction of sp³-hybridized carbons (Fsp3) is 0.190. The van der Waals surface area contributed by atoms with E-state index < -0.39 is 0 Å². The molecule has 0 aliphatic heterocycles. The molecule has 0 aliphatic rings. The third kappa shape index (κ3) is 4.94. The first-order valence-electron chi connectivity index (χ1n) is 8.89. The molecule has 8 heteroatoms. The van der Waals surface area contributed by atoms with Gasteiger partial charge in [-0.3, -0.25) is 9.59 Å². The number of hydrogen-bond donors (Lipinski definition) is 1. The van der Waals surface area contributed by atoms with Gasteiger partial charge in [-0.25, -0.2) is 4.68 Å². The summed E-state index contributed by atoms with van der Waals surface area (Å²) in [6.07, 6.45) is 1.68. The van der Waals surface area contributed by atoms with Gasteiger partial charge in [-0.05, 0) is 48.9 Å². The number of nitrogens with zero attached hydrogens (tertiary/aromatic N) is 3. The number of methoxy groups -OCH3 is 1. The molecule has 7 nitrogen and oxygen atoms in total. The zero-order valence-electron chi connectivity index (χ0n) is 16.3. The predicted molar refractivity (Wildman–Crippen MR) is 112 cm³/mol. The number of aromatic nitrogens is 2. The minimum atomic E-state index is -0.364. The normalized spacial score (nSPS) is 10.5. The quantitative estimate of drug-likeness (QED) is 0.671. The molecule has 0 saturated carbocycles. The maximum absolute atomic E-state index is 12.7. The van der Waals surface area contributed by atoms with Crippen LogP contribution in [0.3, 0.4) is 0 Å². The number of halogens is 1. The van der Waals surface area contributed by atoms with Gasteiger partial charge in [-0.15, -0.1) is 0 Å². The van der Waals surface area contributed by atoms with E-state index in [-0.39, 0.29) is 24.1 Å². The number of nitrogens with one attached hydrogen (secondary N) is 1. The number of ether oxygens (including phenoxy) is 1. The van der Waals surface area contributed by atoms with E-state index >= 15 is 0 Å². The second kappa shape index (κ2) is 8.79. The van der Waals surface area contributed by atoms with E-state index in [0.29, 0.717) is 16.5 Å². The molecule has 0 atom stereocenters. The molecule has 1 heterocycles. The lowest BCUT2D eigenvalue weighted by atomic mass is 10.2. The molecule has 29 heavy (non-hydrogen) atoms. The Morgan fingerprint density at radius 1 is 1.21 bits per heavy atom. The van der Waals surface area contributed by atoms with Crippen molar-refractivity contribution in [2.45, 2.75) is 6.92 Å². The fourth-order valence-electron chi connectivity index (χ4n) is 2.80. The van der Waals surface area contributed by atoms with Gasteiger partial charge in [-0.2, -0.15) is 5.10 Å². The topological polar surface area (TPSA) is 76.5 Å². The molecule has 150 valence electrons. The summed E-state index contributed by atoms with van der Waals surface area (Å²) in [6.45, 7) is 1.84. The lowest BCUT2D eigenvalue weighted by molar-refractivity contribution is -0.116. The predicted octanol–water partition coefficient (Wildman–Crippen LogP) is 3.55. The van der Waals surface area contributed by atoms with E-state index in [1.165, 1.54) is 4.90 Å².